The number of carbonyl (C=O) groups excluding carboxylic acids is 2. The molecule has 38 heavy (non-hydrogen) atoms. The van der Waals surface area contributed by atoms with E-state index >= 15 is 0 Å². The fraction of sp³-hybridized carbons (Fsp3) is 0.739. The van der Waals surface area contributed by atoms with Gasteiger partial charge in [0.15, 0.2) is 11.6 Å². The highest BCUT2D eigenvalue weighted by atomic mass is 31.2. The molecule has 0 spiro atoms. The molecule has 0 bridgehead atoms. The van der Waals surface area contributed by atoms with Gasteiger partial charge in [-0.05, 0) is 26.2 Å². The van der Waals surface area contributed by atoms with Gasteiger partial charge in [-0.2, -0.15) is 4.98 Å². The van der Waals surface area contributed by atoms with Crippen molar-refractivity contribution >= 4 is 25.3 Å². The molecule has 2 rings (SSSR count). The zero-order valence-electron chi connectivity index (χ0n) is 22.4. The Kier molecular flexibility index (Phi) is 10.4. The Balaban J connectivity index is 2.37. The van der Waals surface area contributed by atoms with Crippen LogP contribution < -0.4 is 11.0 Å². The number of anilines is 1. The molecule has 1 aromatic heterocycles. The smallest absolute Gasteiger partial charge is 0.359 e. The predicted molar refractivity (Wildman–Crippen MR) is 134 cm³/mol. The number of aromatic nitrogens is 2. The number of carbonyl (C=O) groups is 2. The van der Waals surface area contributed by atoms with Crippen LogP contribution >= 0.6 is 7.60 Å². The van der Waals surface area contributed by atoms with Crippen molar-refractivity contribution in [2.45, 2.75) is 109 Å². The average molecular weight is 564 g/mol. The van der Waals surface area contributed by atoms with Crippen LogP contribution in [0.5, 0.6) is 0 Å². The van der Waals surface area contributed by atoms with Gasteiger partial charge in [0.05, 0.1) is 11.7 Å². The largest absolute Gasteiger partial charge is 0.461 e. The van der Waals surface area contributed by atoms with Crippen molar-refractivity contribution in [3.05, 3.63) is 22.2 Å². The quantitative estimate of drug-likeness (QED) is 0.179. The number of ether oxygens (including phenoxy) is 2. The summed E-state index contributed by atoms with van der Waals surface area (Å²) in [6, 6.07) is 0. The van der Waals surface area contributed by atoms with E-state index in [9.17, 15) is 39.2 Å². The summed E-state index contributed by atoms with van der Waals surface area (Å²) in [5.41, 5.74) is -2.16. The number of aliphatic hydroxyl groups is 3. The van der Waals surface area contributed by atoms with Crippen molar-refractivity contribution in [2.75, 3.05) is 5.32 Å². The molecule has 5 N–H and O–H groups in total. The van der Waals surface area contributed by atoms with Gasteiger partial charge in [-0.3, -0.25) is 18.7 Å². The Bertz CT molecular complexity index is 1120. The standard InChI is InChI=1S/C23H38N3O11P/c1-7-22(6,37-38(33,34)23(32,8-2)9-3)10-16-17(29)18(30)20(36-16)26-11-15(12-35-14(5)28)19(24-13(4)27)25-21(26)31/h11,16-18,20,29-30,32H,7-10,12H2,1-6H3,(H,33,34)(H,24,25,27,31)/t16-,17-,18-,20-,22?/m1/s1. The minimum Gasteiger partial charge on any atom is -0.461 e. The first-order valence-corrected chi connectivity index (χ1v) is 13.9. The number of aliphatic hydroxyl groups excluding tert-OH is 2. The van der Waals surface area contributed by atoms with E-state index in [-0.39, 0.29) is 43.7 Å². The van der Waals surface area contributed by atoms with Gasteiger partial charge in [0.1, 0.15) is 24.6 Å². The van der Waals surface area contributed by atoms with E-state index in [0.717, 1.165) is 4.57 Å². The maximum atomic E-state index is 13.0. The molecule has 1 amide bonds. The second-order valence-corrected chi connectivity index (χ2v) is 11.7. The van der Waals surface area contributed by atoms with Crippen LogP contribution in [-0.4, -0.2) is 70.9 Å². The monoisotopic (exact) mass is 563 g/mol. The van der Waals surface area contributed by atoms with Gasteiger partial charge in [0, 0.05) is 32.0 Å². The highest BCUT2D eigenvalue weighted by molar-refractivity contribution is 7.54. The molecule has 1 fully saturated rings. The van der Waals surface area contributed by atoms with Gasteiger partial charge in [-0.25, -0.2) is 4.79 Å². The number of esters is 1. The molecule has 2 unspecified atom stereocenters. The molecule has 1 aromatic rings. The van der Waals surface area contributed by atoms with Crippen LogP contribution in [-0.2, 0) is 34.8 Å². The molecule has 216 valence electrons. The summed E-state index contributed by atoms with van der Waals surface area (Å²) < 4.78 is 30.2. The van der Waals surface area contributed by atoms with E-state index in [2.05, 4.69) is 10.3 Å². The maximum absolute atomic E-state index is 13.0. The second kappa shape index (κ2) is 12.3. The molecule has 15 heteroatoms. The Morgan fingerprint density at radius 3 is 2.29 bits per heavy atom. The number of nitrogens with zero attached hydrogens (tertiary/aromatic N) is 2. The number of hydrogen-bond donors (Lipinski definition) is 5. The van der Waals surface area contributed by atoms with Crippen molar-refractivity contribution < 1.29 is 48.4 Å². The lowest BCUT2D eigenvalue weighted by Crippen LogP contribution is -2.40. The molecule has 0 radical (unpaired) electrons. The highest BCUT2D eigenvalue weighted by Gasteiger charge is 2.51. The average Bonchev–Trinajstić information content (AvgIpc) is 3.10. The predicted octanol–water partition coefficient (Wildman–Crippen LogP) is 1.15. The molecule has 0 saturated carbocycles. The second-order valence-electron chi connectivity index (χ2n) is 9.62. The summed E-state index contributed by atoms with van der Waals surface area (Å²) in [6.45, 7) is 8.34. The van der Waals surface area contributed by atoms with Gasteiger partial charge in [0.25, 0.3) is 0 Å². The molecular weight excluding hydrogens is 525 g/mol. The number of nitrogens with one attached hydrogen (secondary N) is 1. The van der Waals surface area contributed by atoms with E-state index in [0.29, 0.717) is 0 Å². The van der Waals surface area contributed by atoms with Crippen molar-refractivity contribution in [1.82, 2.24) is 9.55 Å². The van der Waals surface area contributed by atoms with E-state index in [4.69, 9.17) is 14.0 Å². The fourth-order valence-electron chi connectivity index (χ4n) is 4.08. The molecule has 2 heterocycles. The SMILES string of the molecule is CCC(C)(C[C@H]1O[C@@H](n2cc(COC(C)=O)c(NC(C)=O)nc2=O)[C@H](O)[C@@H]1O)OP(=O)(O)C(O)(CC)CC. The van der Waals surface area contributed by atoms with Crippen LogP contribution in [0.15, 0.2) is 11.0 Å². The van der Waals surface area contributed by atoms with E-state index in [1.165, 1.54) is 27.0 Å². The summed E-state index contributed by atoms with van der Waals surface area (Å²) in [4.78, 5) is 50.0. The Morgan fingerprint density at radius 1 is 1.18 bits per heavy atom. The summed E-state index contributed by atoms with van der Waals surface area (Å²) in [6.07, 6.45) is -4.56. The van der Waals surface area contributed by atoms with Gasteiger partial charge < -0.3 is 39.5 Å². The molecule has 6 atom stereocenters. The van der Waals surface area contributed by atoms with Gasteiger partial charge in [0.2, 0.25) is 5.91 Å². The normalized spacial score (nSPS) is 24.9. The molecule has 1 saturated heterocycles. The minimum atomic E-state index is -4.55. The first-order chi connectivity index (χ1) is 17.5. The molecule has 1 aliphatic rings. The van der Waals surface area contributed by atoms with Gasteiger partial charge >= 0.3 is 19.3 Å². The lowest BCUT2D eigenvalue weighted by Gasteiger charge is -2.38. The number of rotatable bonds is 12. The van der Waals surface area contributed by atoms with E-state index in [1.807, 2.05) is 0 Å². The molecule has 1 aliphatic heterocycles. The summed E-state index contributed by atoms with van der Waals surface area (Å²) in [5, 5.41) is 32.5. The lowest BCUT2D eigenvalue weighted by atomic mass is 9.93. The third-order valence-corrected chi connectivity index (χ3v) is 9.12. The van der Waals surface area contributed by atoms with Crippen molar-refractivity contribution in [1.29, 1.82) is 0 Å². The third kappa shape index (κ3) is 7.06. The molecule has 14 nitrogen and oxygen atoms in total. The highest BCUT2D eigenvalue weighted by Crippen LogP contribution is 2.60. The maximum Gasteiger partial charge on any atom is 0.359 e. The molecular formula is C23H38N3O11P. The Morgan fingerprint density at radius 2 is 1.79 bits per heavy atom. The van der Waals surface area contributed by atoms with Crippen molar-refractivity contribution in [3.8, 4) is 0 Å². The minimum absolute atomic E-state index is 0.0273. The van der Waals surface area contributed by atoms with Crippen LogP contribution in [0.1, 0.15) is 79.0 Å². The molecule has 0 aliphatic carbocycles. The van der Waals surface area contributed by atoms with Gasteiger partial charge in [-0.1, -0.05) is 20.8 Å². The lowest BCUT2D eigenvalue weighted by molar-refractivity contribution is -0.142. The van der Waals surface area contributed by atoms with Crippen molar-refractivity contribution in [3.63, 3.8) is 0 Å². The van der Waals surface area contributed by atoms with Crippen LogP contribution in [0, 0.1) is 0 Å². The van der Waals surface area contributed by atoms with Gasteiger partial charge in [-0.15, -0.1) is 0 Å². The zero-order valence-corrected chi connectivity index (χ0v) is 23.3. The van der Waals surface area contributed by atoms with Crippen molar-refractivity contribution in [2.24, 2.45) is 0 Å². The number of amides is 1. The Labute approximate surface area is 220 Å². The fourth-order valence-corrected chi connectivity index (χ4v) is 5.85. The first-order valence-electron chi connectivity index (χ1n) is 12.3. The van der Waals surface area contributed by atoms with Crippen LogP contribution in [0.2, 0.25) is 0 Å². The van der Waals surface area contributed by atoms with Crippen LogP contribution in [0.4, 0.5) is 5.82 Å². The Hall–Kier alpha value is -2.19. The third-order valence-electron chi connectivity index (χ3n) is 6.75. The van der Waals surface area contributed by atoms with Crippen LogP contribution in [0.3, 0.4) is 0 Å². The number of hydrogen-bond acceptors (Lipinski definition) is 11. The summed E-state index contributed by atoms with van der Waals surface area (Å²) in [7, 11) is -4.55. The van der Waals surface area contributed by atoms with Crippen LogP contribution in [0.25, 0.3) is 0 Å². The first kappa shape index (κ1) is 32.0. The van der Waals surface area contributed by atoms with E-state index in [1.54, 1.807) is 20.8 Å². The zero-order chi connectivity index (χ0) is 29.1. The summed E-state index contributed by atoms with van der Waals surface area (Å²) >= 11 is 0. The van der Waals surface area contributed by atoms with E-state index < -0.39 is 60.6 Å². The topological polar surface area (TPSA) is 207 Å². The summed E-state index contributed by atoms with van der Waals surface area (Å²) in [5.74, 6) is -1.29. The molecule has 0 aromatic carbocycles.